The highest BCUT2D eigenvalue weighted by Gasteiger charge is 2.21. The van der Waals surface area contributed by atoms with Crippen LogP contribution in [0.4, 0.5) is 5.69 Å². The highest BCUT2D eigenvalue weighted by atomic mass is 16.5. The summed E-state index contributed by atoms with van der Waals surface area (Å²) in [5, 5.41) is 2.71. The number of amides is 1. The van der Waals surface area contributed by atoms with Gasteiger partial charge in [0, 0.05) is 11.6 Å². The standard InChI is InChI=1S/C26H25N3O6/c1-15(25(30)29-22-14-19(33-3)10-12-23(22)34-4)35-26(31)17-7-11-20-21(13-17)28-24(27-20)16-5-8-18(32-2)9-6-16/h5-15H,1-4H3,(H,27,28)(H,29,30). The molecule has 4 aromatic rings. The summed E-state index contributed by atoms with van der Waals surface area (Å²) in [5.74, 6) is 1.27. The Balaban J connectivity index is 1.46. The average Bonchev–Trinajstić information content (AvgIpc) is 3.32. The van der Waals surface area contributed by atoms with Crippen molar-refractivity contribution in [3.8, 4) is 28.6 Å². The number of hydrogen-bond acceptors (Lipinski definition) is 7. The molecular weight excluding hydrogens is 450 g/mol. The van der Waals surface area contributed by atoms with Crippen LogP contribution in [-0.2, 0) is 9.53 Å². The van der Waals surface area contributed by atoms with E-state index < -0.39 is 18.0 Å². The van der Waals surface area contributed by atoms with Crippen LogP contribution in [-0.4, -0.2) is 49.3 Å². The lowest BCUT2D eigenvalue weighted by Gasteiger charge is -2.16. The third-order valence-electron chi connectivity index (χ3n) is 5.40. The number of methoxy groups -OCH3 is 3. The first-order chi connectivity index (χ1) is 16.9. The summed E-state index contributed by atoms with van der Waals surface area (Å²) >= 11 is 0. The lowest BCUT2D eigenvalue weighted by molar-refractivity contribution is -0.123. The molecule has 0 bridgehead atoms. The number of nitrogens with one attached hydrogen (secondary N) is 2. The molecule has 0 aliphatic carbocycles. The van der Waals surface area contributed by atoms with Gasteiger partial charge < -0.3 is 29.2 Å². The number of carbonyl (C=O) groups excluding carboxylic acids is 2. The summed E-state index contributed by atoms with van der Waals surface area (Å²) in [5.41, 5.74) is 2.95. The number of esters is 1. The minimum Gasteiger partial charge on any atom is -0.497 e. The van der Waals surface area contributed by atoms with E-state index in [0.29, 0.717) is 39.6 Å². The van der Waals surface area contributed by atoms with Gasteiger partial charge in [-0.1, -0.05) is 0 Å². The van der Waals surface area contributed by atoms with Crippen LogP contribution in [0.2, 0.25) is 0 Å². The molecule has 1 unspecified atom stereocenters. The molecule has 0 saturated heterocycles. The number of imidazole rings is 1. The number of benzene rings is 3. The summed E-state index contributed by atoms with van der Waals surface area (Å²) in [6, 6.07) is 17.5. The summed E-state index contributed by atoms with van der Waals surface area (Å²) in [4.78, 5) is 33.2. The molecule has 3 aromatic carbocycles. The van der Waals surface area contributed by atoms with Crippen LogP contribution in [0.15, 0.2) is 60.7 Å². The van der Waals surface area contributed by atoms with Crippen LogP contribution in [0, 0.1) is 0 Å². The summed E-state index contributed by atoms with van der Waals surface area (Å²) in [6.45, 7) is 1.50. The zero-order valence-corrected chi connectivity index (χ0v) is 19.7. The highest BCUT2D eigenvalue weighted by Crippen LogP contribution is 2.29. The number of aromatic nitrogens is 2. The van der Waals surface area contributed by atoms with Crippen LogP contribution in [0.3, 0.4) is 0 Å². The smallest absolute Gasteiger partial charge is 0.338 e. The number of nitrogens with zero attached hydrogens (tertiary/aromatic N) is 1. The van der Waals surface area contributed by atoms with Crippen molar-refractivity contribution in [2.75, 3.05) is 26.6 Å². The van der Waals surface area contributed by atoms with E-state index in [1.54, 1.807) is 43.5 Å². The third-order valence-corrected chi connectivity index (χ3v) is 5.40. The molecule has 0 saturated carbocycles. The largest absolute Gasteiger partial charge is 0.497 e. The lowest BCUT2D eigenvalue weighted by atomic mass is 10.2. The molecule has 2 N–H and O–H groups in total. The number of fused-ring (bicyclic) bond motifs is 1. The van der Waals surface area contributed by atoms with Gasteiger partial charge in [0.15, 0.2) is 6.10 Å². The quantitative estimate of drug-likeness (QED) is 0.362. The van der Waals surface area contributed by atoms with Crippen molar-refractivity contribution in [3.05, 3.63) is 66.2 Å². The van der Waals surface area contributed by atoms with Gasteiger partial charge in [0.2, 0.25) is 0 Å². The van der Waals surface area contributed by atoms with Gasteiger partial charge in [-0.25, -0.2) is 9.78 Å². The maximum absolute atomic E-state index is 12.7. The van der Waals surface area contributed by atoms with E-state index in [2.05, 4.69) is 15.3 Å². The Morgan fingerprint density at radius 1 is 0.886 bits per heavy atom. The van der Waals surface area contributed by atoms with Crippen LogP contribution in [0.5, 0.6) is 17.2 Å². The topological polar surface area (TPSA) is 112 Å². The predicted octanol–water partition coefficient (Wildman–Crippen LogP) is 4.44. The molecule has 9 nitrogen and oxygen atoms in total. The molecule has 9 heteroatoms. The Morgan fingerprint density at radius 2 is 1.60 bits per heavy atom. The van der Waals surface area contributed by atoms with Crippen LogP contribution in [0.25, 0.3) is 22.4 Å². The lowest BCUT2D eigenvalue weighted by Crippen LogP contribution is -2.30. The molecule has 0 aliphatic rings. The van der Waals surface area contributed by atoms with Gasteiger partial charge in [-0.3, -0.25) is 4.79 Å². The maximum atomic E-state index is 12.7. The van der Waals surface area contributed by atoms with E-state index in [1.165, 1.54) is 21.1 Å². The van der Waals surface area contributed by atoms with E-state index in [0.717, 1.165) is 11.3 Å². The first-order valence-corrected chi connectivity index (χ1v) is 10.8. The molecule has 0 spiro atoms. The molecule has 0 aliphatic heterocycles. The second-order valence-electron chi connectivity index (χ2n) is 7.65. The summed E-state index contributed by atoms with van der Waals surface area (Å²) in [7, 11) is 4.62. The van der Waals surface area contributed by atoms with E-state index in [1.807, 2.05) is 24.3 Å². The number of anilines is 1. The fourth-order valence-corrected chi connectivity index (χ4v) is 3.45. The second-order valence-corrected chi connectivity index (χ2v) is 7.65. The highest BCUT2D eigenvalue weighted by molar-refractivity contribution is 5.99. The Labute approximate surface area is 202 Å². The number of aromatic amines is 1. The van der Waals surface area contributed by atoms with Crippen molar-refractivity contribution in [2.45, 2.75) is 13.0 Å². The van der Waals surface area contributed by atoms with E-state index in [4.69, 9.17) is 18.9 Å². The normalized spacial score (nSPS) is 11.5. The molecule has 1 aromatic heterocycles. The Bertz CT molecular complexity index is 1360. The number of carbonyl (C=O) groups is 2. The first kappa shape index (κ1) is 23.6. The zero-order chi connectivity index (χ0) is 24.9. The van der Waals surface area contributed by atoms with Crippen molar-refractivity contribution < 1.29 is 28.5 Å². The van der Waals surface area contributed by atoms with Gasteiger partial charge in [-0.15, -0.1) is 0 Å². The number of hydrogen-bond donors (Lipinski definition) is 2. The van der Waals surface area contributed by atoms with Crippen molar-refractivity contribution in [2.24, 2.45) is 0 Å². The fourth-order valence-electron chi connectivity index (χ4n) is 3.45. The Hall–Kier alpha value is -4.53. The van der Waals surface area contributed by atoms with Crippen LogP contribution >= 0.6 is 0 Å². The van der Waals surface area contributed by atoms with Crippen molar-refractivity contribution in [3.63, 3.8) is 0 Å². The monoisotopic (exact) mass is 475 g/mol. The molecule has 35 heavy (non-hydrogen) atoms. The minimum atomic E-state index is -1.05. The van der Waals surface area contributed by atoms with Crippen molar-refractivity contribution >= 4 is 28.6 Å². The number of H-pyrrole nitrogens is 1. The van der Waals surface area contributed by atoms with Crippen LogP contribution in [0.1, 0.15) is 17.3 Å². The molecule has 1 amide bonds. The van der Waals surface area contributed by atoms with Crippen LogP contribution < -0.4 is 19.5 Å². The zero-order valence-electron chi connectivity index (χ0n) is 19.7. The molecule has 0 radical (unpaired) electrons. The summed E-state index contributed by atoms with van der Waals surface area (Å²) < 4.78 is 21.0. The molecule has 0 fully saturated rings. The molecule has 180 valence electrons. The molecule has 1 heterocycles. The SMILES string of the molecule is COc1ccc(-c2nc3ccc(C(=O)OC(C)C(=O)Nc4cc(OC)ccc4OC)cc3[nH]2)cc1. The molecule has 4 rings (SSSR count). The van der Waals surface area contributed by atoms with Crippen molar-refractivity contribution in [1.82, 2.24) is 9.97 Å². The molecule has 1 atom stereocenters. The Kier molecular flexibility index (Phi) is 6.86. The summed E-state index contributed by atoms with van der Waals surface area (Å²) in [6.07, 6.45) is -1.05. The first-order valence-electron chi connectivity index (χ1n) is 10.8. The predicted molar refractivity (Wildman–Crippen MR) is 131 cm³/mol. The van der Waals surface area contributed by atoms with Gasteiger partial charge in [0.05, 0.1) is 43.6 Å². The maximum Gasteiger partial charge on any atom is 0.338 e. The average molecular weight is 476 g/mol. The second kappa shape index (κ2) is 10.2. The van der Waals surface area contributed by atoms with Gasteiger partial charge in [0.1, 0.15) is 23.1 Å². The fraction of sp³-hybridized carbons (Fsp3) is 0.192. The van der Waals surface area contributed by atoms with E-state index >= 15 is 0 Å². The van der Waals surface area contributed by atoms with Gasteiger partial charge >= 0.3 is 5.97 Å². The molecular formula is C26H25N3O6. The van der Waals surface area contributed by atoms with E-state index in [9.17, 15) is 9.59 Å². The Morgan fingerprint density at radius 3 is 2.29 bits per heavy atom. The van der Waals surface area contributed by atoms with E-state index in [-0.39, 0.29) is 0 Å². The van der Waals surface area contributed by atoms with Crippen molar-refractivity contribution in [1.29, 1.82) is 0 Å². The van der Waals surface area contributed by atoms with Gasteiger partial charge in [0.25, 0.3) is 5.91 Å². The number of ether oxygens (including phenoxy) is 4. The van der Waals surface area contributed by atoms with Gasteiger partial charge in [-0.05, 0) is 61.5 Å². The number of rotatable bonds is 8. The minimum absolute atomic E-state index is 0.293. The van der Waals surface area contributed by atoms with Gasteiger partial charge in [-0.2, -0.15) is 0 Å². The third kappa shape index (κ3) is 5.19.